The lowest BCUT2D eigenvalue weighted by atomic mass is 9.86. The topological polar surface area (TPSA) is 96.5 Å². The van der Waals surface area contributed by atoms with Gasteiger partial charge in [0.2, 0.25) is 5.91 Å². The van der Waals surface area contributed by atoms with E-state index in [4.69, 9.17) is 5.73 Å². The highest BCUT2D eigenvalue weighted by Gasteiger charge is 2.42. The molecular weight excluding hydrogens is 446 g/mol. The number of ketones is 1. The van der Waals surface area contributed by atoms with E-state index in [-0.39, 0.29) is 44.5 Å². The summed E-state index contributed by atoms with van der Waals surface area (Å²) in [4.78, 5) is 32.7. The van der Waals surface area contributed by atoms with Gasteiger partial charge in [-0.1, -0.05) is 52.5 Å². The molecule has 6 nitrogen and oxygen atoms in total. The van der Waals surface area contributed by atoms with E-state index < -0.39 is 23.6 Å². The number of β-amino-alcohol motifs (C(OH)–C–C–N with tert-alkyl or cyclic N) is 1. The predicted molar refractivity (Wildman–Crippen MR) is 133 cm³/mol. The summed E-state index contributed by atoms with van der Waals surface area (Å²) in [5, 5.41) is 10.1. The predicted octanol–water partition coefficient (Wildman–Crippen LogP) is 4.01. The Morgan fingerprint density at radius 1 is 1.28 bits per heavy atom. The van der Waals surface area contributed by atoms with Gasteiger partial charge in [0.15, 0.2) is 5.78 Å². The summed E-state index contributed by atoms with van der Waals surface area (Å²) in [7, 11) is 0. The van der Waals surface area contributed by atoms with Crippen LogP contribution in [0, 0.1) is 12.3 Å². The zero-order valence-electron chi connectivity index (χ0n) is 18.5. The fourth-order valence-electron chi connectivity index (χ4n) is 3.75. The number of nitrogens with two attached hydrogens (primary N) is 1. The third-order valence-corrected chi connectivity index (χ3v) is 6.73. The summed E-state index contributed by atoms with van der Waals surface area (Å²) in [5.74, 6) is -0.287. The maximum absolute atomic E-state index is 12.9. The molecule has 178 valence electrons. The molecule has 3 atom stereocenters. The largest absolute Gasteiger partial charge is 0.391 e. The molecule has 1 saturated heterocycles. The normalized spacial score (nSPS) is 19.1. The molecule has 8 heteroatoms. The van der Waals surface area contributed by atoms with Gasteiger partial charge in [-0.15, -0.1) is 23.7 Å². The Kier molecular flexibility index (Phi) is 10.0. The number of carbonyl (C=O) groups excluding carboxylic acids is 2. The van der Waals surface area contributed by atoms with Gasteiger partial charge in [-0.2, -0.15) is 0 Å². The number of aliphatic hydroxyl groups is 1. The average Bonchev–Trinajstić information content (AvgIpc) is 3.30. The molecule has 3 N–H and O–H groups in total. The Balaban J connectivity index is 0.00000256. The number of halogens is 1. The van der Waals surface area contributed by atoms with Crippen molar-refractivity contribution in [2.75, 3.05) is 6.54 Å². The van der Waals surface area contributed by atoms with Crippen molar-refractivity contribution in [1.82, 2.24) is 9.88 Å². The van der Waals surface area contributed by atoms with Crippen molar-refractivity contribution in [3.8, 4) is 10.4 Å². The van der Waals surface area contributed by atoms with Gasteiger partial charge < -0.3 is 15.7 Å². The lowest BCUT2D eigenvalue weighted by Crippen LogP contribution is -2.53. The number of amides is 1. The minimum Gasteiger partial charge on any atom is -0.391 e. The minimum atomic E-state index is -0.708. The number of likely N-dealkylation sites (tertiary alicyclic amines) is 1. The number of aliphatic hydroxyl groups excluding tert-OH is 1. The molecule has 3 rings (SSSR count). The Morgan fingerprint density at radius 2 is 1.91 bits per heavy atom. The van der Waals surface area contributed by atoms with Gasteiger partial charge in [-0.25, -0.2) is 4.98 Å². The van der Waals surface area contributed by atoms with E-state index in [9.17, 15) is 14.7 Å². The first-order valence-electron chi connectivity index (χ1n) is 10.3. The number of rotatable bonds is 6. The van der Waals surface area contributed by atoms with Crippen LogP contribution in [0.5, 0.6) is 0 Å². The molecule has 1 aromatic heterocycles. The van der Waals surface area contributed by atoms with E-state index >= 15 is 0 Å². The number of Topliss-reactive ketones (excluding diaryl/α,β-unsaturated/α-hetero) is 1. The average molecular weight is 482 g/mol. The second kappa shape index (κ2) is 11.4. The standard InChI is InChI=1S/C23H31N3O3S.CH4.ClH/c1-14-20(30-13-25-14)16-8-5-15(6-9-16)7-10-19(28)18-11-17(27)12-26(18)22(29)21(24)23(2,3)4;;/h5-6,8-9,13,17-18,21,27H,7,10-12,24H2,1-4H3;1H4;1H/t17-,18+,21-;;/m1../s1. The second-order valence-corrected chi connectivity index (χ2v) is 10.0. The van der Waals surface area contributed by atoms with Crippen LogP contribution in [0.4, 0.5) is 0 Å². The van der Waals surface area contributed by atoms with Crippen LogP contribution in [0.15, 0.2) is 29.8 Å². The van der Waals surface area contributed by atoms with Crippen LogP contribution in [0.2, 0.25) is 0 Å². The van der Waals surface area contributed by atoms with E-state index in [2.05, 4.69) is 17.1 Å². The van der Waals surface area contributed by atoms with Gasteiger partial charge in [0.1, 0.15) is 0 Å². The molecule has 1 amide bonds. The highest BCUT2D eigenvalue weighted by molar-refractivity contribution is 7.13. The highest BCUT2D eigenvalue weighted by Crippen LogP contribution is 2.28. The van der Waals surface area contributed by atoms with Crippen molar-refractivity contribution in [1.29, 1.82) is 0 Å². The van der Waals surface area contributed by atoms with E-state index in [1.54, 1.807) is 11.3 Å². The van der Waals surface area contributed by atoms with Crippen molar-refractivity contribution in [2.24, 2.45) is 11.1 Å². The summed E-state index contributed by atoms with van der Waals surface area (Å²) in [6.45, 7) is 7.86. The number of nitrogens with zero attached hydrogens (tertiary/aromatic N) is 2. The molecule has 0 radical (unpaired) electrons. The number of hydrogen-bond acceptors (Lipinski definition) is 6. The van der Waals surface area contributed by atoms with Crippen molar-refractivity contribution in [2.45, 2.75) is 72.6 Å². The van der Waals surface area contributed by atoms with Gasteiger partial charge in [-0.3, -0.25) is 9.59 Å². The molecule has 0 bridgehead atoms. The maximum Gasteiger partial charge on any atom is 0.240 e. The van der Waals surface area contributed by atoms with Gasteiger partial charge in [0, 0.05) is 19.4 Å². The van der Waals surface area contributed by atoms with Crippen LogP contribution in [-0.2, 0) is 16.0 Å². The summed E-state index contributed by atoms with van der Waals surface area (Å²) in [6.07, 6.45) is 0.522. The number of benzene rings is 1. The number of aryl methyl sites for hydroxylation is 2. The number of carbonyl (C=O) groups is 2. The fourth-order valence-corrected chi connectivity index (χ4v) is 4.56. The lowest BCUT2D eigenvalue weighted by molar-refractivity contribution is -0.140. The molecule has 1 aromatic carbocycles. The third kappa shape index (κ3) is 6.38. The zero-order valence-corrected chi connectivity index (χ0v) is 20.1. The van der Waals surface area contributed by atoms with Crippen LogP contribution in [0.3, 0.4) is 0 Å². The van der Waals surface area contributed by atoms with Crippen LogP contribution in [-0.4, -0.2) is 51.4 Å². The van der Waals surface area contributed by atoms with E-state index in [0.29, 0.717) is 12.8 Å². The summed E-state index contributed by atoms with van der Waals surface area (Å²) in [6, 6.07) is 6.86. The molecule has 0 aliphatic carbocycles. The first-order chi connectivity index (χ1) is 14.1. The number of thiazole rings is 1. The van der Waals surface area contributed by atoms with E-state index in [1.807, 2.05) is 45.3 Å². The van der Waals surface area contributed by atoms with Crippen LogP contribution in [0.25, 0.3) is 10.4 Å². The van der Waals surface area contributed by atoms with Gasteiger partial charge in [0.05, 0.1) is 34.3 Å². The Bertz CT molecular complexity index is 908. The molecule has 0 spiro atoms. The van der Waals surface area contributed by atoms with Crippen LogP contribution in [0.1, 0.15) is 52.3 Å². The molecule has 2 aromatic rings. The molecular formula is C24H36ClN3O3S. The Morgan fingerprint density at radius 3 is 2.44 bits per heavy atom. The molecule has 2 heterocycles. The SMILES string of the molecule is C.Cc1ncsc1-c1ccc(CCC(=O)[C@@H]2C[C@@H](O)CN2C(=O)[C@@H](N)C(C)(C)C)cc1.Cl. The first kappa shape index (κ1) is 28.2. The van der Waals surface area contributed by atoms with Crippen molar-refractivity contribution in [3.63, 3.8) is 0 Å². The second-order valence-electron chi connectivity index (χ2n) is 9.17. The van der Waals surface area contributed by atoms with Gasteiger partial charge in [0.25, 0.3) is 0 Å². The third-order valence-electron chi connectivity index (χ3n) is 5.75. The summed E-state index contributed by atoms with van der Waals surface area (Å²) >= 11 is 1.61. The Hall–Kier alpha value is -1.80. The van der Waals surface area contributed by atoms with Crippen molar-refractivity contribution < 1.29 is 14.7 Å². The van der Waals surface area contributed by atoms with E-state index in [0.717, 1.165) is 21.7 Å². The van der Waals surface area contributed by atoms with Crippen LogP contribution < -0.4 is 5.73 Å². The molecule has 0 saturated carbocycles. The van der Waals surface area contributed by atoms with Crippen LogP contribution >= 0.6 is 23.7 Å². The quantitative estimate of drug-likeness (QED) is 0.649. The highest BCUT2D eigenvalue weighted by atomic mass is 35.5. The summed E-state index contributed by atoms with van der Waals surface area (Å²) < 4.78 is 0. The molecule has 1 aliphatic heterocycles. The first-order valence-corrected chi connectivity index (χ1v) is 11.2. The lowest BCUT2D eigenvalue weighted by Gasteiger charge is -2.32. The molecule has 1 fully saturated rings. The monoisotopic (exact) mass is 481 g/mol. The fraction of sp³-hybridized carbons (Fsp3) is 0.542. The maximum atomic E-state index is 12.9. The number of hydrogen-bond donors (Lipinski definition) is 2. The summed E-state index contributed by atoms with van der Waals surface area (Å²) in [5.41, 5.74) is 10.8. The van der Waals surface area contributed by atoms with E-state index in [1.165, 1.54) is 4.90 Å². The molecule has 1 aliphatic rings. The smallest absolute Gasteiger partial charge is 0.240 e. The van der Waals surface area contributed by atoms with Gasteiger partial charge >= 0.3 is 0 Å². The van der Waals surface area contributed by atoms with Crippen molar-refractivity contribution in [3.05, 3.63) is 41.0 Å². The minimum absolute atomic E-state index is 0. The van der Waals surface area contributed by atoms with Crippen molar-refractivity contribution >= 4 is 35.4 Å². The zero-order chi connectivity index (χ0) is 22.1. The molecule has 0 unspecified atom stereocenters. The van der Waals surface area contributed by atoms with Gasteiger partial charge in [-0.05, 0) is 29.9 Å². The molecule has 32 heavy (non-hydrogen) atoms. The Labute approximate surface area is 201 Å². The number of aromatic nitrogens is 1.